The maximum Gasteiger partial charge on any atom is -0.0320 e. The van der Waals surface area contributed by atoms with Gasteiger partial charge in [-0.1, -0.05) is 403 Å². The Morgan fingerprint density at radius 2 is 0.333 bits per heavy atom. The van der Waals surface area contributed by atoms with Crippen LogP contribution in [0, 0.1) is 0 Å². The van der Waals surface area contributed by atoms with Crippen molar-refractivity contribution in [3.8, 4) is 0 Å². The van der Waals surface area contributed by atoms with Gasteiger partial charge in [-0.2, -0.15) is 0 Å². The standard InChI is InChI=1S/C75H146/c1-4-7-10-13-16-19-22-25-28-31-34-37-40-43-46-49-52-55-58-61-64-67-70-73-75(72-69-66-63-60-57-54-51-48-45-42-39-36-33-30-27-24-21-18-15-12-9-6-3)74-71-68-65-62-59-56-53-50-47-44-41-38-35-32-29-26-23-20-17-14-11-8-5-2/h4,6,74H,1,3,5,7-73H2,2H3. The molecule has 0 saturated heterocycles. The van der Waals surface area contributed by atoms with Gasteiger partial charge in [-0.05, 0) is 64.2 Å². The molecule has 0 aromatic heterocycles. The second kappa shape index (κ2) is 71.2. The van der Waals surface area contributed by atoms with Gasteiger partial charge < -0.3 is 0 Å². The summed E-state index contributed by atoms with van der Waals surface area (Å²) in [5.41, 5.74) is 1.84. The lowest BCUT2D eigenvalue weighted by atomic mass is 9.97. The van der Waals surface area contributed by atoms with Crippen LogP contribution in [-0.2, 0) is 0 Å². The molecule has 0 fully saturated rings. The van der Waals surface area contributed by atoms with Crippen LogP contribution in [0.25, 0.3) is 0 Å². The molecule has 0 nitrogen and oxygen atoms in total. The van der Waals surface area contributed by atoms with Gasteiger partial charge in [0.1, 0.15) is 0 Å². The molecule has 0 atom stereocenters. The number of rotatable bonds is 70. The Bertz CT molecular complexity index is 1030. The molecule has 0 saturated carbocycles. The van der Waals surface area contributed by atoms with E-state index in [1.54, 1.807) is 0 Å². The molecule has 0 bridgehead atoms. The van der Waals surface area contributed by atoms with Gasteiger partial charge in [-0.15, -0.1) is 13.2 Å². The Hall–Kier alpha value is -0.780. The second-order valence-electron chi connectivity index (χ2n) is 25.2. The van der Waals surface area contributed by atoms with Gasteiger partial charge in [-0.25, -0.2) is 0 Å². The highest BCUT2D eigenvalue weighted by Gasteiger charge is 2.03. The predicted molar refractivity (Wildman–Crippen MR) is 348 cm³/mol. The lowest BCUT2D eigenvalue weighted by Crippen LogP contribution is -1.89. The van der Waals surface area contributed by atoms with Crippen molar-refractivity contribution in [2.75, 3.05) is 0 Å². The van der Waals surface area contributed by atoms with Gasteiger partial charge in [-0.3, -0.25) is 0 Å². The zero-order valence-electron chi connectivity index (χ0n) is 52.7. The topological polar surface area (TPSA) is 0 Å². The van der Waals surface area contributed by atoms with Crippen LogP contribution in [0.1, 0.15) is 444 Å². The minimum Gasteiger partial charge on any atom is -0.103 e. The molecule has 0 aromatic carbocycles. The summed E-state index contributed by atoms with van der Waals surface area (Å²) in [6, 6.07) is 0. The Balaban J connectivity index is 4.04. The third-order valence-electron chi connectivity index (χ3n) is 17.6. The highest BCUT2D eigenvalue weighted by atomic mass is 14.1. The Morgan fingerprint density at radius 1 is 0.187 bits per heavy atom. The fourth-order valence-corrected chi connectivity index (χ4v) is 12.2. The molecule has 0 aromatic rings. The van der Waals surface area contributed by atoms with Crippen LogP contribution in [0.2, 0.25) is 0 Å². The molecule has 0 N–H and O–H groups in total. The number of allylic oxidation sites excluding steroid dienone is 4. The van der Waals surface area contributed by atoms with Crippen molar-refractivity contribution >= 4 is 0 Å². The van der Waals surface area contributed by atoms with E-state index in [4.69, 9.17) is 0 Å². The smallest absolute Gasteiger partial charge is 0.0320 e. The fourth-order valence-electron chi connectivity index (χ4n) is 12.2. The van der Waals surface area contributed by atoms with Crippen molar-refractivity contribution in [3.63, 3.8) is 0 Å². The molecule has 0 aliphatic carbocycles. The third-order valence-corrected chi connectivity index (χ3v) is 17.6. The van der Waals surface area contributed by atoms with E-state index in [9.17, 15) is 0 Å². The molecule has 0 spiro atoms. The minimum atomic E-state index is 1.21. The van der Waals surface area contributed by atoms with Gasteiger partial charge in [0.15, 0.2) is 0 Å². The summed E-state index contributed by atoms with van der Waals surface area (Å²) in [4.78, 5) is 0. The van der Waals surface area contributed by atoms with E-state index in [2.05, 4.69) is 38.3 Å². The molecule has 0 heterocycles. The summed E-state index contributed by atoms with van der Waals surface area (Å²) in [7, 11) is 0. The van der Waals surface area contributed by atoms with E-state index >= 15 is 0 Å². The average Bonchev–Trinajstić information content (AvgIpc) is 3.42. The molecule has 0 unspecified atom stereocenters. The van der Waals surface area contributed by atoms with Crippen molar-refractivity contribution in [3.05, 3.63) is 37.0 Å². The van der Waals surface area contributed by atoms with Crippen LogP contribution < -0.4 is 0 Å². The fraction of sp³-hybridized carbons (Fsp3) is 0.920. The first kappa shape index (κ1) is 74.2. The average molecular weight is 1050 g/mol. The maximum atomic E-state index is 3.84. The van der Waals surface area contributed by atoms with Gasteiger partial charge in [0.2, 0.25) is 0 Å². The summed E-state index contributed by atoms with van der Waals surface area (Å²) < 4.78 is 0. The second-order valence-corrected chi connectivity index (χ2v) is 25.2. The van der Waals surface area contributed by atoms with E-state index in [1.165, 1.54) is 437 Å². The van der Waals surface area contributed by atoms with Crippen LogP contribution in [-0.4, -0.2) is 0 Å². The molecule has 0 heteroatoms. The van der Waals surface area contributed by atoms with E-state index in [1.807, 2.05) is 5.57 Å². The molecule has 0 aliphatic heterocycles. The third kappa shape index (κ3) is 69.3. The van der Waals surface area contributed by atoms with Gasteiger partial charge in [0.05, 0.1) is 0 Å². The van der Waals surface area contributed by atoms with Gasteiger partial charge >= 0.3 is 0 Å². The highest BCUT2D eigenvalue weighted by Crippen LogP contribution is 2.23. The summed E-state index contributed by atoms with van der Waals surface area (Å²) in [6.07, 6.45) is 106. The zero-order valence-corrected chi connectivity index (χ0v) is 52.7. The molecule has 446 valence electrons. The molecule has 0 amide bonds. The monoisotopic (exact) mass is 1050 g/mol. The zero-order chi connectivity index (χ0) is 53.8. The molecule has 0 aliphatic rings. The Kier molecular flexibility index (Phi) is 70.5. The van der Waals surface area contributed by atoms with E-state index in [0.29, 0.717) is 0 Å². The summed E-state index contributed by atoms with van der Waals surface area (Å²) in [6.45, 7) is 10.00. The first-order valence-corrected chi connectivity index (χ1v) is 36.2. The van der Waals surface area contributed by atoms with Crippen LogP contribution in [0.4, 0.5) is 0 Å². The van der Waals surface area contributed by atoms with Gasteiger partial charge in [0.25, 0.3) is 0 Å². The van der Waals surface area contributed by atoms with Crippen molar-refractivity contribution in [2.45, 2.75) is 444 Å². The van der Waals surface area contributed by atoms with Crippen molar-refractivity contribution < 1.29 is 0 Å². The molecule has 0 rings (SSSR count). The number of hydrogen-bond acceptors (Lipinski definition) is 0. The quantitative estimate of drug-likeness (QED) is 0.0421. The Labute approximate surface area is 478 Å². The predicted octanol–water partition coefficient (Wildman–Crippen LogP) is 28.8. The summed E-state index contributed by atoms with van der Waals surface area (Å²) >= 11 is 0. The van der Waals surface area contributed by atoms with E-state index in [0.717, 1.165) is 0 Å². The molecular weight excluding hydrogens is 901 g/mol. The molecular formula is C75H146. The molecule has 0 radical (unpaired) electrons. The van der Waals surface area contributed by atoms with Crippen LogP contribution >= 0.6 is 0 Å². The number of unbranched alkanes of at least 4 members (excludes halogenated alkanes) is 63. The van der Waals surface area contributed by atoms with E-state index in [-0.39, 0.29) is 0 Å². The van der Waals surface area contributed by atoms with E-state index < -0.39 is 0 Å². The van der Waals surface area contributed by atoms with Crippen molar-refractivity contribution in [1.29, 1.82) is 0 Å². The van der Waals surface area contributed by atoms with Crippen LogP contribution in [0.15, 0.2) is 37.0 Å². The first-order valence-electron chi connectivity index (χ1n) is 36.2. The minimum absolute atomic E-state index is 1.21. The summed E-state index contributed by atoms with van der Waals surface area (Å²) in [5.74, 6) is 0. The van der Waals surface area contributed by atoms with Crippen LogP contribution in [0.3, 0.4) is 0 Å². The molecule has 75 heavy (non-hydrogen) atoms. The first-order chi connectivity index (χ1) is 37.3. The highest BCUT2D eigenvalue weighted by molar-refractivity contribution is 5.02. The lowest BCUT2D eigenvalue weighted by molar-refractivity contribution is 0.518. The normalized spacial score (nSPS) is 11.9. The number of hydrogen-bond donors (Lipinski definition) is 0. The largest absolute Gasteiger partial charge is 0.103 e. The lowest BCUT2D eigenvalue weighted by Gasteiger charge is -2.09. The Morgan fingerprint density at radius 3 is 0.507 bits per heavy atom. The SMILES string of the molecule is C=CCCCCCCCCCCCCCCCCCCCCCCCC(=CCCCCCCCCCCCCCCCCCCCCCCCC)CCCCCCCCCCCCCCCCCCCCCCC=C. The maximum absolute atomic E-state index is 3.84. The van der Waals surface area contributed by atoms with Crippen molar-refractivity contribution in [2.24, 2.45) is 0 Å². The van der Waals surface area contributed by atoms with Gasteiger partial charge in [0, 0.05) is 0 Å². The van der Waals surface area contributed by atoms with Crippen LogP contribution in [0.5, 0.6) is 0 Å². The van der Waals surface area contributed by atoms with Crippen molar-refractivity contribution in [1.82, 2.24) is 0 Å². The summed E-state index contributed by atoms with van der Waals surface area (Å²) in [5, 5.41) is 0.